The fraction of sp³-hybridized carbons (Fsp3) is 0.667. The molecule has 1 aliphatic rings. The van der Waals surface area contributed by atoms with Crippen LogP contribution >= 0.6 is 0 Å². The summed E-state index contributed by atoms with van der Waals surface area (Å²) >= 11 is 0. The van der Waals surface area contributed by atoms with E-state index in [-0.39, 0.29) is 0 Å². The highest BCUT2D eigenvalue weighted by Crippen LogP contribution is 2.26. The Morgan fingerprint density at radius 1 is 1.00 bits per heavy atom. The topological polar surface area (TPSA) is 38.0 Å². The van der Waals surface area contributed by atoms with Gasteiger partial charge >= 0.3 is 0 Å². The van der Waals surface area contributed by atoms with Crippen molar-refractivity contribution in [2.75, 3.05) is 0 Å². The fourth-order valence-corrected chi connectivity index (χ4v) is 3.42. The van der Waals surface area contributed by atoms with Crippen molar-refractivity contribution in [2.45, 2.75) is 70.8 Å². The molecule has 0 bridgehead atoms. The molecular weight excluding hydrogens is 244 g/mol. The molecule has 0 spiro atoms. The van der Waals surface area contributed by atoms with E-state index in [1.165, 1.54) is 56.1 Å². The molecule has 112 valence electrons. The minimum atomic E-state index is 0.431. The van der Waals surface area contributed by atoms with Crippen LogP contribution in [0.15, 0.2) is 24.3 Å². The summed E-state index contributed by atoms with van der Waals surface area (Å²) in [5.41, 5.74) is 5.92. The van der Waals surface area contributed by atoms with Crippen LogP contribution in [0.1, 0.15) is 63.0 Å². The largest absolute Gasteiger partial charge is 0.271 e. The number of benzene rings is 1. The molecule has 2 nitrogen and oxygen atoms in total. The predicted molar refractivity (Wildman–Crippen MR) is 86.4 cm³/mol. The molecule has 20 heavy (non-hydrogen) atoms. The Hall–Kier alpha value is -0.860. The van der Waals surface area contributed by atoms with Gasteiger partial charge in [-0.15, -0.1) is 0 Å². The lowest BCUT2D eigenvalue weighted by Gasteiger charge is -2.28. The minimum absolute atomic E-state index is 0.431. The average molecular weight is 274 g/mol. The first kappa shape index (κ1) is 15.5. The van der Waals surface area contributed by atoms with Gasteiger partial charge in [0.25, 0.3) is 0 Å². The number of hydrogen-bond donors (Lipinski definition) is 2. The average Bonchev–Trinajstić information content (AvgIpc) is 2.46. The van der Waals surface area contributed by atoms with Crippen LogP contribution in [-0.4, -0.2) is 6.04 Å². The van der Waals surface area contributed by atoms with Gasteiger partial charge in [-0.1, -0.05) is 63.3 Å². The van der Waals surface area contributed by atoms with Gasteiger partial charge in [-0.05, 0) is 42.7 Å². The van der Waals surface area contributed by atoms with Gasteiger partial charge in [-0.2, -0.15) is 0 Å². The van der Waals surface area contributed by atoms with Gasteiger partial charge < -0.3 is 0 Å². The van der Waals surface area contributed by atoms with Gasteiger partial charge in [-0.25, -0.2) is 0 Å². The predicted octanol–water partition coefficient (Wildman–Crippen LogP) is 3.98. The lowest BCUT2D eigenvalue weighted by atomic mass is 9.83. The Bertz CT molecular complexity index is 364. The van der Waals surface area contributed by atoms with Gasteiger partial charge in [0.15, 0.2) is 0 Å². The monoisotopic (exact) mass is 274 g/mol. The number of rotatable bonds is 5. The van der Waals surface area contributed by atoms with E-state index in [4.69, 9.17) is 5.84 Å². The Labute approximate surface area is 124 Å². The zero-order chi connectivity index (χ0) is 14.2. The molecule has 2 rings (SSSR count). The summed E-state index contributed by atoms with van der Waals surface area (Å²) < 4.78 is 0. The van der Waals surface area contributed by atoms with Crippen molar-refractivity contribution in [3.63, 3.8) is 0 Å². The molecule has 0 saturated heterocycles. The van der Waals surface area contributed by atoms with Crippen LogP contribution in [0.5, 0.6) is 0 Å². The Morgan fingerprint density at radius 2 is 1.55 bits per heavy atom. The second-order valence-corrected chi connectivity index (χ2v) is 6.25. The van der Waals surface area contributed by atoms with Crippen LogP contribution in [0.25, 0.3) is 0 Å². The molecule has 1 aromatic rings. The lowest BCUT2D eigenvalue weighted by molar-refractivity contribution is 0.285. The first-order valence-electron chi connectivity index (χ1n) is 8.37. The molecule has 1 fully saturated rings. The normalized spacial score (nSPS) is 19.3. The molecule has 1 unspecified atom stereocenters. The molecule has 0 amide bonds. The molecule has 1 aromatic carbocycles. The van der Waals surface area contributed by atoms with E-state index in [0.29, 0.717) is 6.04 Å². The van der Waals surface area contributed by atoms with E-state index >= 15 is 0 Å². The quantitative estimate of drug-likeness (QED) is 0.629. The number of nitrogens with two attached hydrogens (primary N) is 1. The Kier molecular flexibility index (Phi) is 6.55. The lowest BCUT2D eigenvalue weighted by Crippen LogP contribution is -2.42. The van der Waals surface area contributed by atoms with E-state index in [0.717, 1.165) is 18.8 Å². The maximum absolute atomic E-state index is 5.85. The van der Waals surface area contributed by atoms with Gasteiger partial charge in [-0.3, -0.25) is 11.3 Å². The molecule has 1 atom stereocenters. The van der Waals surface area contributed by atoms with E-state index in [1.54, 1.807) is 0 Å². The molecule has 2 heteroatoms. The number of aryl methyl sites for hydroxylation is 1. The molecular formula is C18H30N2. The van der Waals surface area contributed by atoms with Crippen molar-refractivity contribution in [1.82, 2.24) is 5.43 Å². The van der Waals surface area contributed by atoms with Gasteiger partial charge in [0.1, 0.15) is 0 Å². The summed E-state index contributed by atoms with van der Waals surface area (Å²) in [4.78, 5) is 0. The van der Waals surface area contributed by atoms with Gasteiger partial charge in [0, 0.05) is 6.04 Å². The first-order valence-corrected chi connectivity index (χ1v) is 8.37. The summed E-state index contributed by atoms with van der Waals surface area (Å²) in [5.74, 6) is 6.59. The number of nitrogens with one attached hydrogen (secondary N) is 1. The standard InChI is InChI=1S/C18H30N2/c1-2-15-10-12-16(13-11-15)14-18(20-19)17-8-6-4-3-5-7-9-17/h10-13,17-18,20H,2-9,14,19H2,1H3. The second-order valence-electron chi connectivity index (χ2n) is 6.25. The van der Waals surface area contributed by atoms with Crippen molar-refractivity contribution in [2.24, 2.45) is 11.8 Å². The Balaban J connectivity index is 1.95. The summed E-state index contributed by atoms with van der Waals surface area (Å²) in [5, 5.41) is 0. The summed E-state index contributed by atoms with van der Waals surface area (Å²) in [6, 6.07) is 9.47. The van der Waals surface area contributed by atoms with Crippen LogP contribution in [0, 0.1) is 5.92 Å². The maximum Gasteiger partial charge on any atom is 0.0279 e. The summed E-state index contributed by atoms with van der Waals surface area (Å²) in [6.45, 7) is 2.20. The van der Waals surface area contributed by atoms with E-state index in [2.05, 4.69) is 36.6 Å². The van der Waals surface area contributed by atoms with E-state index < -0.39 is 0 Å². The molecule has 0 aliphatic heterocycles. The third-order valence-corrected chi connectivity index (χ3v) is 4.82. The maximum atomic E-state index is 5.85. The van der Waals surface area contributed by atoms with Crippen molar-refractivity contribution >= 4 is 0 Å². The van der Waals surface area contributed by atoms with E-state index in [9.17, 15) is 0 Å². The highest BCUT2D eigenvalue weighted by atomic mass is 15.2. The van der Waals surface area contributed by atoms with Crippen molar-refractivity contribution in [1.29, 1.82) is 0 Å². The van der Waals surface area contributed by atoms with Crippen LogP contribution in [0.4, 0.5) is 0 Å². The first-order chi connectivity index (χ1) is 9.83. The summed E-state index contributed by atoms with van der Waals surface area (Å²) in [6.07, 6.45) is 11.8. The van der Waals surface area contributed by atoms with Crippen molar-refractivity contribution < 1.29 is 0 Å². The SMILES string of the molecule is CCc1ccc(CC(NN)C2CCCCCCC2)cc1. The van der Waals surface area contributed by atoms with Crippen LogP contribution in [-0.2, 0) is 12.8 Å². The zero-order valence-corrected chi connectivity index (χ0v) is 12.9. The van der Waals surface area contributed by atoms with E-state index in [1.807, 2.05) is 0 Å². The summed E-state index contributed by atoms with van der Waals surface area (Å²) in [7, 11) is 0. The number of hydrazine groups is 1. The highest BCUT2D eigenvalue weighted by molar-refractivity contribution is 5.23. The zero-order valence-electron chi connectivity index (χ0n) is 12.9. The molecule has 1 saturated carbocycles. The Morgan fingerprint density at radius 3 is 2.10 bits per heavy atom. The molecule has 3 N–H and O–H groups in total. The third kappa shape index (κ3) is 4.60. The highest BCUT2D eigenvalue weighted by Gasteiger charge is 2.21. The molecule has 0 radical (unpaired) electrons. The minimum Gasteiger partial charge on any atom is -0.271 e. The van der Waals surface area contributed by atoms with Gasteiger partial charge in [0.05, 0.1) is 0 Å². The van der Waals surface area contributed by atoms with Crippen molar-refractivity contribution in [3.8, 4) is 0 Å². The van der Waals surface area contributed by atoms with Crippen molar-refractivity contribution in [3.05, 3.63) is 35.4 Å². The second kappa shape index (κ2) is 8.43. The number of hydrogen-bond acceptors (Lipinski definition) is 2. The van der Waals surface area contributed by atoms with Crippen LogP contribution in [0.3, 0.4) is 0 Å². The van der Waals surface area contributed by atoms with Crippen LogP contribution < -0.4 is 11.3 Å². The molecule has 0 aromatic heterocycles. The van der Waals surface area contributed by atoms with Crippen LogP contribution in [0.2, 0.25) is 0 Å². The third-order valence-electron chi connectivity index (χ3n) is 4.82. The molecule has 1 aliphatic carbocycles. The smallest absolute Gasteiger partial charge is 0.0279 e. The molecule has 0 heterocycles. The fourth-order valence-electron chi connectivity index (χ4n) is 3.42. The van der Waals surface area contributed by atoms with Gasteiger partial charge in [0.2, 0.25) is 0 Å².